The van der Waals surface area contributed by atoms with Gasteiger partial charge in [-0.05, 0) is 34.4 Å². The lowest BCUT2D eigenvalue weighted by Crippen LogP contribution is -2.60. The molecule has 2 amide bonds. The first kappa shape index (κ1) is 21.6. The molecular formula is C27H22N2O6. The number of methoxy groups -OCH3 is 2. The van der Waals surface area contributed by atoms with Crippen LogP contribution in [0.25, 0.3) is 0 Å². The molecule has 8 nitrogen and oxygen atoms in total. The molecule has 2 bridgehead atoms. The average Bonchev–Trinajstić information content (AvgIpc) is 3.16. The summed E-state index contributed by atoms with van der Waals surface area (Å²) in [5, 5.41) is 11.1. The van der Waals surface area contributed by atoms with E-state index >= 15 is 0 Å². The largest absolute Gasteiger partial charge is 0.355 e. The molecule has 2 atom stereocenters. The monoisotopic (exact) mass is 470 g/mol. The summed E-state index contributed by atoms with van der Waals surface area (Å²) in [6, 6.07) is 21.2. The first-order valence-electron chi connectivity index (χ1n) is 11.3. The summed E-state index contributed by atoms with van der Waals surface area (Å²) in [6.45, 7) is 0. The third-order valence-corrected chi connectivity index (χ3v) is 7.80. The maximum absolute atomic E-state index is 14.2. The van der Waals surface area contributed by atoms with Crippen LogP contribution in [0.3, 0.4) is 0 Å². The van der Waals surface area contributed by atoms with Crippen LogP contribution in [-0.4, -0.2) is 37.2 Å². The number of nitro benzene ring substituents is 1. The van der Waals surface area contributed by atoms with Crippen molar-refractivity contribution in [3.8, 4) is 0 Å². The van der Waals surface area contributed by atoms with E-state index in [1.165, 1.54) is 29.2 Å². The summed E-state index contributed by atoms with van der Waals surface area (Å²) in [7, 11) is 3.08. The van der Waals surface area contributed by atoms with Crippen molar-refractivity contribution in [2.75, 3.05) is 19.1 Å². The van der Waals surface area contributed by atoms with Gasteiger partial charge in [0.1, 0.15) is 0 Å². The molecule has 1 saturated heterocycles. The van der Waals surface area contributed by atoms with Crippen molar-refractivity contribution in [1.82, 2.24) is 0 Å². The van der Waals surface area contributed by atoms with Gasteiger partial charge >= 0.3 is 0 Å². The molecule has 7 rings (SSSR count). The third kappa shape index (κ3) is 2.58. The normalized spacial score (nSPS) is 26.0. The van der Waals surface area contributed by atoms with Gasteiger partial charge in [-0.3, -0.25) is 19.7 Å². The second-order valence-electron chi connectivity index (χ2n) is 9.11. The number of amides is 2. The standard InChI is InChI=1S/C27H22N2O6/c1-34-26(35-2)27-19-9-5-3-7-17(19)21(18-8-4-6-10-20(18)27)22-23(27)25(31)28(24(22)30)15-11-13-16(14-12-15)29(32)33/h3-14,21-23,26H,1-2H3/t21?,22-,23+,27?/m0/s1. The van der Waals surface area contributed by atoms with Crippen LogP contribution in [0.15, 0.2) is 72.8 Å². The van der Waals surface area contributed by atoms with Crippen LogP contribution >= 0.6 is 0 Å². The van der Waals surface area contributed by atoms with Crippen LogP contribution < -0.4 is 4.90 Å². The van der Waals surface area contributed by atoms with Crippen LogP contribution in [0.1, 0.15) is 28.2 Å². The predicted octanol–water partition coefficient (Wildman–Crippen LogP) is 3.76. The quantitative estimate of drug-likeness (QED) is 0.244. The zero-order valence-electron chi connectivity index (χ0n) is 19.1. The van der Waals surface area contributed by atoms with Crippen LogP contribution in [0.2, 0.25) is 0 Å². The van der Waals surface area contributed by atoms with E-state index in [4.69, 9.17) is 9.47 Å². The van der Waals surface area contributed by atoms with Crippen LogP contribution in [0.4, 0.5) is 11.4 Å². The van der Waals surface area contributed by atoms with Crippen molar-refractivity contribution in [2.24, 2.45) is 11.8 Å². The Morgan fingerprint density at radius 3 is 1.91 bits per heavy atom. The summed E-state index contributed by atoms with van der Waals surface area (Å²) in [6.07, 6.45) is -0.827. The van der Waals surface area contributed by atoms with Gasteiger partial charge in [0.15, 0.2) is 6.29 Å². The number of carbonyl (C=O) groups is 2. The smallest absolute Gasteiger partial charge is 0.269 e. The SMILES string of the molecule is COC(OC)C12c3ccccc3C(c3ccccc31)[C@@H]1C(=O)N(c3ccc([N+](=O)[O-])cc3)C(=O)[C@@H]12. The average molecular weight is 470 g/mol. The Labute approximate surface area is 201 Å². The number of non-ortho nitro benzene ring substituents is 1. The molecule has 1 aliphatic heterocycles. The maximum atomic E-state index is 14.2. The number of nitrogens with zero attached hydrogens (tertiary/aromatic N) is 2. The van der Waals surface area contributed by atoms with E-state index < -0.39 is 28.5 Å². The van der Waals surface area contributed by atoms with Crippen LogP contribution in [0, 0.1) is 22.0 Å². The lowest BCUT2D eigenvalue weighted by atomic mass is 9.47. The van der Waals surface area contributed by atoms with E-state index in [2.05, 4.69) is 0 Å². The molecule has 35 heavy (non-hydrogen) atoms. The first-order chi connectivity index (χ1) is 17.0. The molecule has 3 aromatic rings. The van der Waals surface area contributed by atoms with Gasteiger partial charge < -0.3 is 9.47 Å². The number of benzene rings is 3. The van der Waals surface area contributed by atoms with E-state index in [9.17, 15) is 19.7 Å². The summed E-state index contributed by atoms with van der Waals surface area (Å²) in [4.78, 5) is 40.0. The van der Waals surface area contributed by atoms with Crippen molar-refractivity contribution in [3.05, 3.63) is 105 Å². The maximum Gasteiger partial charge on any atom is 0.269 e. The van der Waals surface area contributed by atoms with E-state index in [1.54, 1.807) is 14.2 Å². The fraction of sp³-hybridized carbons (Fsp3) is 0.259. The second-order valence-corrected chi connectivity index (χ2v) is 9.11. The van der Waals surface area contributed by atoms with Crippen LogP contribution in [0.5, 0.6) is 0 Å². The molecule has 8 heteroatoms. The zero-order chi connectivity index (χ0) is 24.5. The number of carbonyl (C=O) groups excluding carboxylic acids is 2. The first-order valence-corrected chi connectivity index (χ1v) is 11.3. The Morgan fingerprint density at radius 2 is 1.40 bits per heavy atom. The number of nitro groups is 1. The Bertz CT molecular complexity index is 1330. The van der Waals surface area contributed by atoms with Gasteiger partial charge in [0.05, 0.1) is 27.9 Å². The highest BCUT2D eigenvalue weighted by Crippen LogP contribution is 2.65. The molecule has 0 spiro atoms. The highest BCUT2D eigenvalue weighted by molar-refractivity contribution is 6.23. The second kappa shape index (κ2) is 7.56. The number of ether oxygens (including phenoxy) is 2. The number of hydrogen-bond acceptors (Lipinski definition) is 6. The molecule has 3 aliphatic carbocycles. The molecule has 4 aliphatic rings. The van der Waals surface area contributed by atoms with Crippen molar-refractivity contribution in [1.29, 1.82) is 0 Å². The number of hydrogen-bond donors (Lipinski definition) is 0. The van der Waals surface area contributed by atoms with Gasteiger partial charge in [-0.1, -0.05) is 48.5 Å². The highest BCUT2D eigenvalue weighted by atomic mass is 16.7. The Hall–Kier alpha value is -3.88. The third-order valence-electron chi connectivity index (χ3n) is 7.80. The minimum atomic E-state index is -1.04. The van der Waals surface area contributed by atoms with Gasteiger partial charge in [-0.15, -0.1) is 0 Å². The lowest BCUT2D eigenvalue weighted by molar-refractivity contribution is -0.384. The van der Waals surface area contributed by atoms with E-state index in [1.807, 2.05) is 48.5 Å². The van der Waals surface area contributed by atoms with Gasteiger partial charge in [-0.2, -0.15) is 0 Å². The Kier molecular flexibility index (Phi) is 4.67. The van der Waals surface area contributed by atoms with E-state index in [-0.39, 0.29) is 23.4 Å². The van der Waals surface area contributed by atoms with Gasteiger partial charge in [0.25, 0.3) is 5.69 Å². The summed E-state index contributed by atoms with van der Waals surface area (Å²) >= 11 is 0. The fourth-order valence-electron chi connectivity index (χ4n) is 6.68. The van der Waals surface area contributed by atoms with E-state index in [0.717, 1.165) is 22.3 Å². The molecule has 0 N–H and O–H groups in total. The van der Waals surface area contributed by atoms with Gasteiger partial charge in [0, 0.05) is 32.3 Å². The number of anilines is 1. The van der Waals surface area contributed by atoms with Crippen molar-refractivity contribution >= 4 is 23.2 Å². The Morgan fingerprint density at radius 1 is 0.857 bits per heavy atom. The molecule has 0 aromatic heterocycles. The van der Waals surface area contributed by atoms with Gasteiger partial charge in [-0.25, -0.2) is 4.90 Å². The highest BCUT2D eigenvalue weighted by Gasteiger charge is 2.71. The lowest BCUT2D eigenvalue weighted by Gasteiger charge is -2.56. The molecule has 176 valence electrons. The van der Waals surface area contributed by atoms with Gasteiger partial charge in [0.2, 0.25) is 11.8 Å². The van der Waals surface area contributed by atoms with Crippen molar-refractivity contribution in [3.63, 3.8) is 0 Å². The minimum absolute atomic E-state index is 0.111. The molecule has 0 unspecified atom stereocenters. The van der Waals surface area contributed by atoms with Crippen molar-refractivity contribution in [2.45, 2.75) is 17.6 Å². The number of imide groups is 1. The number of rotatable bonds is 5. The molecule has 3 aromatic carbocycles. The summed E-state index contributed by atoms with van der Waals surface area (Å²) in [5.41, 5.74) is 2.97. The molecular weight excluding hydrogens is 448 g/mol. The molecule has 1 heterocycles. The molecule has 0 radical (unpaired) electrons. The van der Waals surface area contributed by atoms with Crippen LogP contribution in [-0.2, 0) is 24.5 Å². The summed E-state index contributed by atoms with van der Waals surface area (Å²) in [5.74, 6) is -2.40. The Balaban J connectivity index is 1.62. The predicted molar refractivity (Wildman–Crippen MR) is 126 cm³/mol. The minimum Gasteiger partial charge on any atom is -0.355 e. The van der Waals surface area contributed by atoms with Crippen molar-refractivity contribution < 1.29 is 24.0 Å². The fourth-order valence-corrected chi connectivity index (χ4v) is 6.68. The summed E-state index contributed by atoms with van der Waals surface area (Å²) < 4.78 is 11.7. The zero-order valence-corrected chi connectivity index (χ0v) is 19.1. The van der Waals surface area contributed by atoms with E-state index in [0.29, 0.717) is 5.69 Å². The molecule has 1 fully saturated rings. The topological polar surface area (TPSA) is 99.0 Å². The molecule has 0 saturated carbocycles.